The fraction of sp³-hybridized carbons (Fsp3) is 0.480. The van der Waals surface area contributed by atoms with Gasteiger partial charge in [-0.25, -0.2) is 4.79 Å². The molecular weight excluding hydrogens is 463 g/mol. The molecule has 0 saturated carbocycles. The van der Waals surface area contributed by atoms with Gasteiger partial charge in [0.25, 0.3) is 5.56 Å². The molecule has 2 aromatic heterocycles. The van der Waals surface area contributed by atoms with Crippen LogP contribution in [-0.2, 0) is 11.3 Å². The van der Waals surface area contributed by atoms with Gasteiger partial charge >= 0.3 is 12.3 Å². The van der Waals surface area contributed by atoms with Gasteiger partial charge < -0.3 is 15.2 Å². The van der Waals surface area contributed by atoms with Gasteiger partial charge in [0.2, 0.25) is 0 Å². The van der Waals surface area contributed by atoms with Crippen LogP contribution in [0.25, 0.3) is 21.7 Å². The van der Waals surface area contributed by atoms with E-state index in [4.69, 9.17) is 10.5 Å². The van der Waals surface area contributed by atoms with Gasteiger partial charge in [-0.2, -0.15) is 13.2 Å². The number of pyridine rings is 2. The average molecular weight is 496 g/mol. The van der Waals surface area contributed by atoms with Gasteiger partial charge in [0.15, 0.2) is 0 Å². The number of halogens is 3. The topological polar surface area (TPSA) is 96.4 Å². The number of nitrogens with zero attached hydrogens (tertiary/aromatic N) is 2. The molecule has 0 radical (unpaired) electrons. The van der Waals surface area contributed by atoms with Crippen LogP contribution >= 0.6 is 0 Å². The predicted octanol–water partition coefficient (Wildman–Crippen LogP) is 5.81. The molecule has 0 aliphatic heterocycles. The van der Waals surface area contributed by atoms with Crippen molar-refractivity contribution in [3.63, 3.8) is 0 Å². The van der Waals surface area contributed by atoms with Crippen molar-refractivity contribution in [3.05, 3.63) is 47.0 Å². The summed E-state index contributed by atoms with van der Waals surface area (Å²) in [4.78, 5) is 26.5. The van der Waals surface area contributed by atoms with Crippen molar-refractivity contribution in [3.8, 4) is 5.75 Å². The normalized spacial score (nSPS) is 11.9. The lowest BCUT2D eigenvalue weighted by Crippen LogP contribution is -2.28. The van der Waals surface area contributed by atoms with Crippen LogP contribution in [0.2, 0.25) is 0 Å². The highest BCUT2D eigenvalue weighted by Crippen LogP contribution is 2.28. The van der Waals surface area contributed by atoms with E-state index in [1.807, 2.05) is 0 Å². The molecule has 1 amide bonds. The molecule has 0 aliphatic carbocycles. The van der Waals surface area contributed by atoms with Crippen LogP contribution < -0.4 is 16.0 Å². The lowest BCUT2D eigenvalue weighted by atomic mass is 10.1. The Hall–Kier alpha value is -3.30. The quantitative estimate of drug-likeness (QED) is 0.344. The Morgan fingerprint density at radius 3 is 2.34 bits per heavy atom. The van der Waals surface area contributed by atoms with E-state index in [0.717, 1.165) is 17.4 Å². The molecule has 35 heavy (non-hydrogen) atoms. The first-order chi connectivity index (χ1) is 16.2. The van der Waals surface area contributed by atoms with Crippen LogP contribution in [0.3, 0.4) is 0 Å². The van der Waals surface area contributed by atoms with Crippen LogP contribution in [0.1, 0.15) is 47.5 Å². The van der Waals surface area contributed by atoms with Crippen LogP contribution in [0.15, 0.2) is 41.5 Å². The second-order valence-corrected chi connectivity index (χ2v) is 9.52. The maximum Gasteiger partial charge on any atom is 0.406 e. The van der Waals surface area contributed by atoms with Gasteiger partial charge in [0.1, 0.15) is 17.9 Å². The van der Waals surface area contributed by atoms with E-state index in [1.54, 1.807) is 39.0 Å². The molecular formula is C25H32F3N3O4. The fourth-order valence-electron chi connectivity index (χ4n) is 3.43. The van der Waals surface area contributed by atoms with Crippen molar-refractivity contribution >= 4 is 27.8 Å². The van der Waals surface area contributed by atoms with Crippen molar-refractivity contribution in [2.45, 2.75) is 65.8 Å². The Balaban J connectivity index is 0.000000466. The van der Waals surface area contributed by atoms with E-state index in [2.05, 4.69) is 23.6 Å². The number of rotatable bonds is 6. The molecule has 2 N–H and O–H groups in total. The largest absolute Gasteiger partial charge is 0.494 e. The molecule has 7 nitrogen and oxygen atoms in total. The summed E-state index contributed by atoms with van der Waals surface area (Å²) in [5.74, 6) is 1.01. The maximum atomic E-state index is 13.1. The number of carbonyl (C=O) groups excluding carboxylic acids is 1. The van der Waals surface area contributed by atoms with E-state index >= 15 is 0 Å². The lowest BCUT2D eigenvalue weighted by Gasteiger charge is -2.16. The average Bonchev–Trinajstić information content (AvgIpc) is 2.72. The molecule has 0 spiro atoms. The highest BCUT2D eigenvalue weighted by atomic mass is 19.4. The summed E-state index contributed by atoms with van der Waals surface area (Å²) in [5.41, 5.74) is 3.76. The highest BCUT2D eigenvalue weighted by Gasteiger charge is 2.30. The minimum atomic E-state index is -4.51. The molecule has 1 aromatic carbocycles. The summed E-state index contributed by atoms with van der Waals surface area (Å²) in [6.45, 7) is 8.64. The zero-order chi connectivity index (χ0) is 26.4. The van der Waals surface area contributed by atoms with Gasteiger partial charge in [0, 0.05) is 23.8 Å². The van der Waals surface area contributed by atoms with Gasteiger partial charge in [-0.15, -0.1) is 0 Å². The number of fused-ring (bicyclic) bond motifs is 3. The SMILES string of the molecule is CC(C)(C)OC(N)=O.CC(C)CCCOc1ccc2c3ccncc3c(=O)n(CC(F)(F)F)c2c1. The molecule has 3 rings (SSSR count). The number of nitrogens with two attached hydrogens (primary N) is 1. The van der Waals surface area contributed by atoms with E-state index in [9.17, 15) is 22.8 Å². The maximum absolute atomic E-state index is 13.1. The first-order valence-electron chi connectivity index (χ1n) is 11.3. The van der Waals surface area contributed by atoms with E-state index in [0.29, 0.717) is 29.0 Å². The Morgan fingerprint density at radius 2 is 1.80 bits per heavy atom. The molecule has 192 valence electrons. The minimum Gasteiger partial charge on any atom is -0.494 e. The highest BCUT2D eigenvalue weighted by molar-refractivity contribution is 6.05. The van der Waals surface area contributed by atoms with Crippen molar-refractivity contribution in [1.29, 1.82) is 0 Å². The third-order valence-corrected chi connectivity index (χ3v) is 4.79. The second-order valence-electron chi connectivity index (χ2n) is 9.52. The third-order valence-electron chi connectivity index (χ3n) is 4.79. The van der Waals surface area contributed by atoms with Gasteiger partial charge in [-0.1, -0.05) is 13.8 Å². The molecule has 3 aromatic rings. The number of hydrogen-bond donors (Lipinski definition) is 1. The van der Waals surface area contributed by atoms with Gasteiger partial charge in [-0.05, 0) is 63.1 Å². The Labute approximate surface area is 202 Å². The van der Waals surface area contributed by atoms with E-state index in [1.165, 1.54) is 18.5 Å². The van der Waals surface area contributed by atoms with E-state index < -0.39 is 30.0 Å². The number of aromatic nitrogens is 2. The Morgan fingerprint density at radius 1 is 1.11 bits per heavy atom. The number of primary amides is 1. The Bertz CT molecular complexity index is 1210. The summed E-state index contributed by atoms with van der Waals surface area (Å²) in [6.07, 6.45) is -0.553. The second kappa shape index (κ2) is 11.4. The summed E-state index contributed by atoms with van der Waals surface area (Å²) < 4.78 is 50.2. The number of alkyl halides is 3. The smallest absolute Gasteiger partial charge is 0.406 e. The zero-order valence-corrected chi connectivity index (χ0v) is 20.6. The number of ether oxygens (including phenoxy) is 2. The molecule has 0 fully saturated rings. The molecule has 0 bridgehead atoms. The van der Waals surface area contributed by atoms with Gasteiger partial charge in [-0.3, -0.25) is 14.3 Å². The van der Waals surface area contributed by atoms with E-state index in [-0.39, 0.29) is 10.9 Å². The van der Waals surface area contributed by atoms with Gasteiger partial charge in [0.05, 0.1) is 17.5 Å². The molecule has 2 heterocycles. The lowest BCUT2D eigenvalue weighted by molar-refractivity contribution is -0.140. The monoisotopic (exact) mass is 495 g/mol. The molecule has 10 heteroatoms. The van der Waals surface area contributed by atoms with Crippen molar-refractivity contribution < 1.29 is 27.4 Å². The van der Waals surface area contributed by atoms with Crippen LogP contribution in [0.4, 0.5) is 18.0 Å². The van der Waals surface area contributed by atoms with Crippen molar-refractivity contribution in [2.75, 3.05) is 6.61 Å². The summed E-state index contributed by atoms with van der Waals surface area (Å²) in [7, 11) is 0. The number of amides is 1. The predicted molar refractivity (Wildman–Crippen MR) is 130 cm³/mol. The summed E-state index contributed by atoms with van der Waals surface area (Å²) >= 11 is 0. The number of benzene rings is 1. The minimum absolute atomic E-state index is 0.167. The summed E-state index contributed by atoms with van der Waals surface area (Å²) in [6, 6.07) is 6.57. The molecule has 0 unspecified atom stereocenters. The molecule has 0 saturated heterocycles. The zero-order valence-electron chi connectivity index (χ0n) is 20.6. The number of hydrogen-bond acceptors (Lipinski definition) is 5. The molecule has 0 aliphatic rings. The third kappa shape index (κ3) is 8.77. The standard InChI is InChI=1S/C20H21F3N2O2.C5H11NO2/c1-13(2)4-3-9-27-14-5-6-16-15-7-8-24-11-17(15)19(26)25(18(16)10-14)12-20(21,22)23;1-5(2,3)8-4(6)7/h5-8,10-11,13H,3-4,9,12H2,1-2H3;1-3H3,(H2,6,7). The first kappa shape index (κ1) is 27.9. The van der Waals surface area contributed by atoms with Crippen LogP contribution in [-0.4, -0.2) is 34.0 Å². The van der Waals surface area contributed by atoms with Crippen LogP contribution in [0, 0.1) is 5.92 Å². The van der Waals surface area contributed by atoms with Crippen molar-refractivity contribution in [1.82, 2.24) is 9.55 Å². The van der Waals surface area contributed by atoms with Crippen molar-refractivity contribution in [2.24, 2.45) is 11.7 Å². The summed E-state index contributed by atoms with van der Waals surface area (Å²) in [5, 5.41) is 1.31. The Kier molecular flexibility index (Phi) is 9.12. The first-order valence-corrected chi connectivity index (χ1v) is 11.3. The van der Waals surface area contributed by atoms with Crippen LogP contribution in [0.5, 0.6) is 5.75 Å². The number of carbonyl (C=O) groups is 1. The fourth-order valence-corrected chi connectivity index (χ4v) is 3.43. The molecule has 0 atom stereocenters.